The van der Waals surface area contributed by atoms with E-state index in [9.17, 15) is 34.1 Å². The molecule has 3 aromatic heterocycles. The van der Waals surface area contributed by atoms with E-state index < -0.39 is 64.2 Å². The van der Waals surface area contributed by atoms with Gasteiger partial charge in [-0.05, 0) is 105 Å². The van der Waals surface area contributed by atoms with Crippen molar-refractivity contribution in [1.29, 1.82) is 0 Å². The molecule has 0 bridgehead atoms. The summed E-state index contributed by atoms with van der Waals surface area (Å²) in [5.74, 6) is -2.34. The monoisotopic (exact) mass is 1110 g/mol. The van der Waals surface area contributed by atoms with E-state index in [-0.39, 0.29) is 80.0 Å². The second-order valence-corrected chi connectivity index (χ2v) is 24.1. The van der Waals surface area contributed by atoms with Crippen LogP contribution in [0.15, 0.2) is 54.2 Å². The molecule has 6 heterocycles. The Labute approximate surface area is 460 Å². The third-order valence-electron chi connectivity index (χ3n) is 15.8. The predicted molar refractivity (Wildman–Crippen MR) is 294 cm³/mol. The van der Waals surface area contributed by atoms with Crippen LogP contribution < -0.4 is 25.0 Å². The number of aromatic nitrogens is 4. The molecule has 0 spiro atoms. The van der Waals surface area contributed by atoms with Crippen LogP contribution >= 0.6 is 11.3 Å². The third kappa shape index (κ3) is 11.8. The van der Waals surface area contributed by atoms with Crippen molar-refractivity contribution in [1.82, 2.24) is 40.4 Å². The van der Waals surface area contributed by atoms with Gasteiger partial charge in [0.1, 0.15) is 53.0 Å². The summed E-state index contributed by atoms with van der Waals surface area (Å²) in [5.41, 5.74) is 0.651. The van der Waals surface area contributed by atoms with Crippen molar-refractivity contribution in [2.75, 3.05) is 57.4 Å². The second-order valence-electron chi connectivity index (χ2n) is 23.1. The Kier molecular flexibility index (Phi) is 15.6. The van der Waals surface area contributed by atoms with Crippen LogP contribution in [0.3, 0.4) is 0 Å². The fourth-order valence-corrected chi connectivity index (χ4v) is 11.9. The van der Waals surface area contributed by atoms with Crippen molar-refractivity contribution in [3.05, 3.63) is 81.8 Å². The number of thiazole rings is 1. The van der Waals surface area contributed by atoms with Gasteiger partial charge >= 0.3 is 6.01 Å². The number of amides is 3. The van der Waals surface area contributed by atoms with Gasteiger partial charge in [0.25, 0.3) is 5.91 Å². The van der Waals surface area contributed by atoms with Crippen molar-refractivity contribution in [2.24, 2.45) is 11.3 Å². The molecule has 4 fully saturated rings. The lowest BCUT2D eigenvalue weighted by molar-refractivity contribution is -0.145. The molecule has 1 saturated carbocycles. The number of carbonyl (C=O) groups is 3. The number of nitrogens with zero attached hydrogens (tertiary/aromatic N) is 7. The Morgan fingerprint density at radius 3 is 2.52 bits per heavy atom. The van der Waals surface area contributed by atoms with Gasteiger partial charge in [-0.1, -0.05) is 45.9 Å². The summed E-state index contributed by atoms with van der Waals surface area (Å²) in [4.78, 5) is 65.8. The summed E-state index contributed by atoms with van der Waals surface area (Å²) < 4.78 is 60.0. The molecule has 0 radical (unpaired) electrons. The zero-order chi connectivity index (χ0) is 56.1. The summed E-state index contributed by atoms with van der Waals surface area (Å²) in [7, 11) is 0. The first-order valence-corrected chi connectivity index (χ1v) is 28.0. The first-order valence-electron chi connectivity index (χ1n) is 27.1. The number of piperidine rings is 1. The molecule has 5 N–H and O–H groups in total. The summed E-state index contributed by atoms with van der Waals surface area (Å²) in [6, 6.07) is 9.22. The minimum atomic E-state index is -2.00. The molecule has 420 valence electrons. The number of phenols is 1. The highest BCUT2D eigenvalue weighted by Gasteiger charge is 2.53. The normalized spacial score (nSPS) is 21.6. The number of benzene rings is 3. The molecule has 5 atom stereocenters. The molecule has 3 aliphatic heterocycles. The lowest BCUT2D eigenvalue weighted by atomic mass is 9.85. The summed E-state index contributed by atoms with van der Waals surface area (Å²) in [6.45, 7) is 14.0. The SMILES string of the molecule is CCc1c(F)ccc2cc(O)cc(-c3ncc4c(N5CCC[C@@](C)(O)C5)nc(OCC5CCN(CCOc6cc(-c7ncsc7C)ccc6CNC(=O)[C@@H]6C[C@@H](O)CN6C(=O)[C@@H](NC(=O)C6(F)CC6)C(C)(C)C)C5)nc4c3F)c12. The number of aryl methyl sites for hydroxylation is 2. The van der Waals surface area contributed by atoms with Gasteiger partial charge in [-0.25, -0.2) is 18.2 Å². The Morgan fingerprint density at radius 1 is 1.00 bits per heavy atom. The maximum Gasteiger partial charge on any atom is 0.319 e. The van der Waals surface area contributed by atoms with E-state index in [1.807, 2.05) is 36.9 Å². The first-order chi connectivity index (χ1) is 37.6. The number of pyridine rings is 1. The number of aliphatic hydroxyl groups is 2. The van der Waals surface area contributed by atoms with E-state index in [2.05, 4.69) is 30.5 Å². The van der Waals surface area contributed by atoms with E-state index in [4.69, 9.17) is 14.5 Å². The Bertz CT molecular complexity index is 3310. The van der Waals surface area contributed by atoms with Gasteiger partial charge in [0, 0.05) is 79.4 Å². The maximum atomic E-state index is 17.2. The van der Waals surface area contributed by atoms with E-state index in [1.54, 1.807) is 39.3 Å². The number of likely N-dealkylation sites (tertiary alicyclic amines) is 2. The van der Waals surface area contributed by atoms with Crippen molar-refractivity contribution in [2.45, 2.75) is 122 Å². The number of rotatable bonds is 17. The molecular weight excluding hydrogens is 1040 g/mol. The number of hydrogen-bond donors (Lipinski definition) is 5. The standard InChI is InChI=1S/C58H68F3N9O8S/c1-7-39-42(59)12-11-34-21-37(71)23-40(45(34)39)48-46(60)49-41(26-62-48)51(69-17-8-14-57(6,76)30-69)67-55(65-49)78-29-33-13-18-68(27-33)19-20-77-44-22-35(47-32(2)79-31-64-47)9-10-36(44)25-63-52(73)43-24-38(72)28-70(43)53(74)50(56(3,4)5)66-54(75)58(61)15-16-58/h9-12,21-23,26,31,33,38,43,50,71-72,76H,7-8,13-20,24-25,27-30H2,1-6H3,(H,63,73)(H,66,75)/t33?,38-,43+,50-,57-/m1/s1. The van der Waals surface area contributed by atoms with Crippen LogP contribution in [-0.4, -0.2) is 145 Å². The minimum absolute atomic E-state index is 0.0118. The van der Waals surface area contributed by atoms with E-state index in [0.717, 1.165) is 29.1 Å². The number of β-amino-alcohol motifs (C(OH)–C–C–N with tert-alkyl or cyclic N) is 2. The van der Waals surface area contributed by atoms with Gasteiger partial charge < -0.3 is 45.2 Å². The molecular formula is C58H68F3N9O8S. The number of aliphatic hydroxyl groups excluding tert-OH is 1. The molecule has 21 heteroatoms. The molecule has 1 unspecified atom stereocenters. The molecule has 17 nitrogen and oxygen atoms in total. The highest BCUT2D eigenvalue weighted by atomic mass is 32.1. The molecule has 6 aromatic rings. The number of anilines is 1. The van der Waals surface area contributed by atoms with Gasteiger partial charge in [0.15, 0.2) is 11.5 Å². The smallest absolute Gasteiger partial charge is 0.319 e. The fraction of sp³-hybridized carbons (Fsp3) is 0.500. The Morgan fingerprint density at radius 2 is 1.80 bits per heavy atom. The van der Waals surface area contributed by atoms with Crippen LogP contribution in [0.1, 0.15) is 89.1 Å². The average Bonchev–Trinajstić information content (AvgIpc) is 3.95. The summed E-state index contributed by atoms with van der Waals surface area (Å²) in [6.07, 6.45) is 3.01. The maximum absolute atomic E-state index is 17.2. The fourth-order valence-electron chi connectivity index (χ4n) is 11.3. The summed E-state index contributed by atoms with van der Waals surface area (Å²) in [5, 5.41) is 39.5. The number of aromatic hydroxyl groups is 1. The highest BCUT2D eigenvalue weighted by Crippen LogP contribution is 2.42. The lowest BCUT2D eigenvalue weighted by Gasteiger charge is -2.37. The number of phenolic OH excluding ortho intramolecular Hbond substituents is 1. The zero-order valence-electron chi connectivity index (χ0n) is 45.4. The zero-order valence-corrected chi connectivity index (χ0v) is 46.2. The average molecular weight is 1110 g/mol. The number of ether oxygens (including phenoxy) is 2. The van der Waals surface area contributed by atoms with Gasteiger partial charge in [-0.2, -0.15) is 9.97 Å². The Balaban J connectivity index is 0.823. The number of hydrogen-bond acceptors (Lipinski definition) is 15. The van der Waals surface area contributed by atoms with Crippen LogP contribution in [0.25, 0.3) is 44.2 Å². The van der Waals surface area contributed by atoms with Crippen LogP contribution in [0.5, 0.6) is 17.5 Å². The van der Waals surface area contributed by atoms with Crippen molar-refractivity contribution in [3.63, 3.8) is 0 Å². The second kappa shape index (κ2) is 22.1. The number of alkyl halides is 1. The number of nitrogens with one attached hydrogen (secondary N) is 2. The van der Waals surface area contributed by atoms with Crippen LogP contribution in [-0.2, 0) is 27.3 Å². The largest absolute Gasteiger partial charge is 0.508 e. The van der Waals surface area contributed by atoms with Gasteiger partial charge in [0.05, 0.1) is 34.9 Å². The van der Waals surface area contributed by atoms with Gasteiger partial charge in [-0.15, -0.1) is 11.3 Å². The lowest BCUT2D eigenvalue weighted by Crippen LogP contribution is -2.59. The van der Waals surface area contributed by atoms with Crippen LogP contribution in [0.4, 0.5) is 19.0 Å². The van der Waals surface area contributed by atoms with E-state index in [1.165, 1.54) is 40.6 Å². The molecule has 4 aliphatic rings. The van der Waals surface area contributed by atoms with Crippen molar-refractivity contribution in [3.8, 4) is 40.0 Å². The molecule has 79 heavy (non-hydrogen) atoms. The van der Waals surface area contributed by atoms with Crippen LogP contribution in [0.2, 0.25) is 0 Å². The first kappa shape index (κ1) is 55.6. The topological polar surface area (TPSA) is 216 Å². The predicted octanol–water partition coefficient (Wildman–Crippen LogP) is 7.57. The van der Waals surface area contributed by atoms with Crippen molar-refractivity contribution >= 4 is 56.6 Å². The minimum Gasteiger partial charge on any atom is -0.508 e. The number of halogens is 3. The van der Waals surface area contributed by atoms with Crippen LogP contribution in [0, 0.1) is 29.9 Å². The molecule has 3 aromatic carbocycles. The number of carbonyl (C=O) groups excluding carboxylic acids is 3. The third-order valence-corrected chi connectivity index (χ3v) is 16.5. The van der Waals surface area contributed by atoms with E-state index in [0.29, 0.717) is 84.4 Å². The molecule has 10 rings (SSSR count). The Hall–Kier alpha value is -6.68. The highest BCUT2D eigenvalue weighted by molar-refractivity contribution is 7.10. The molecule has 1 aliphatic carbocycles. The summed E-state index contributed by atoms with van der Waals surface area (Å²) >= 11 is 1.52. The van der Waals surface area contributed by atoms with Gasteiger partial charge in [0.2, 0.25) is 11.8 Å². The quantitative estimate of drug-likeness (QED) is 0.0596. The van der Waals surface area contributed by atoms with Gasteiger partial charge in [-0.3, -0.25) is 24.3 Å². The van der Waals surface area contributed by atoms with Crippen molar-refractivity contribution < 1.29 is 52.3 Å². The van der Waals surface area contributed by atoms with E-state index >= 15 is 8.78 Å². The molecule has 3 saturated heterocycles. The number of fused-ring (bicyclic) bond motifs is 2. The molecule has 3 amide bonds.